The molecule has 0 amide bonds. The smallest absolute Gasteiger partial charge is 0.221 e. The molecule has 1 rings (SSSR count). The minimum absolute atomic E-state index is 0.0787. The number of hydrogen-bond donors (Lipinski definition) is 1. The van der Waals surface area contributed by atoms with E-state index in [9.17, 15) is 4.79 Å². The Labute approximate surface area is 62.7 Å². The quantitative estimate of drug-likeness (QED) is 0.617. The fourth-order valence-corrected chi connectivity index (χ4v) is 0.724. The SMILES string of the molecule is O=c1ccccc(Cl)c1O. The Balaban J connectivity index is 3.53. The van der Waals surface area contributed by atoms with Crippen LogP contribution in [-0.2, 0) is 0 Å². The number of aromatic hydroxyl groups is 1. The summed E-state index contributed by atoms with van der Waals surface area (Å²) in [4.78, 5) is 10.7. The second-order valence-corrected chi connectivity index (χ2v) is 2.19. The van der Waals surface area contributed by atoms with E-state index in [1.807, 2.05) is 0 Å². The van der Waals surface area contributed by atoms with Crippen LogP contribution in [0, 0.1) is 0 Å². The summed E-state index contributed by atoms with van der Waals surface area (Å²) >= 11 is 5.45. The third-order valence-electron chi connectivity index (χ3n) is 1.06. The average molecular weight is 157 g/mol. The van der Waals surface area contributed by atoms with Gasteiger partial charge in [0.2, 0.25) is 5.43 Å². The predicted octanol–water partition coefficient (Wildman–Crippen LogP) is 1.41. The lowest BCUT2D eigenvalue weighted by Crippen LogP contribution is -1.92. The number of rotatable bonds is 0. The normalized spacial score (nSPS) is 9.30. The fraction of sp³-hybridized carbons (Fsp3) is 0. The standard InChI is InChI=1S/C7H5ClO2/c8-5-3-1-2-4-6(9)7(5)10/h1-4H,(H,9,10). The van der Waals surface area contributed by atoms with E-state index in [0.29, 0.717) is 0 Å². The topological polar surface area (TPSA) is 37.3 Å². The predicted molar refractivity (Wildman–Crippen MR) is 39.4 cm³/mol. The largest absolute Gasteiger partial charge is 0.503 e. The van der Waals surface area contributed by atoms with Gasteiger partial charge in [0.15, 0.2) is 5.75 Å². The molecule has 0 heterocycles. The Kier molecular flexibility index (Phi) is 1.92. The third-order valence-corrected chi connectivity index (χ3v) is 1.37. The average Bonchev–Trinajstić information content (AvgIpc) is 2.04. The molecule has 10 heavy (non-hydrogen) atoms. The van der Waals surface area contributed by atoms with Crippen LogP contribution in [0.4, 0.5) is 0 Å². The zero-order valence-electron chi connectivity index (χ0n) is 5.04. The first kappa shape index (κ1) is 7.09. The zero-order chi connectivity index (χ0) is 7.56. The summed E-state index contributed by atoms with van der Waals surface area (Å²) in [7, 11) is 0. The molecule has 0 saturated heterocycles. The van der Waals surface area contributed by atoms with E-state index in [2.05, 4.69) is 0 Å². The summed E-state index contributed by atoms with van der Waals surface area (Å²) in [5.74, 6) is -0.397. The van der Waals surface area contributed by atoms with Gasteiger partial charge in [-0.3, -0.25) is 4.79 Å². The minimum Gasteiger partial charge on any atom is -0.503 e. The molecule has 0 aliphatic carbocycles. The van der Waals surface area contributed by atoms with Gasteiger partial charge in [-0.1, -0.05) is 23.7 Å². The van der Waals surface area contributed by atoms with Crippen molar-refractivity contribution < 1.29 is 5.11 Å². The highest BCUT2D eigenvalue weighted by molar-refractivity contribution is 6.31. The summed E-state index contributed by atoms with van der Waals surface area (Å²) in [6.45, 7) is 0. The maximum atomic E-state index is 10.7. The van der Waals surface area contributed by atoms with Gasteiger partial charge >= 0.3 is 0 Å². The molecule has 0 aromatic heterocycles. The van der Waals surface area contributed by atoms with Crippen LogP contribution >= 0.6 is 11.6 Å². The summed E-state index contributed by atoms with van der Waals surface area (Å²) < 4.78 is 0. The molecule has 0 radical (unpaired) electrons. The monoisotopic (exact) mass is 156 g/mol. The molecule has 1 N–H and O–H groups in total. The molecule has 0 bridgehead atoms. The maximum absolute atomic E-state index is 10.7. The highest BCUT2D eigenvalue weighted by Gasteiger charge is 1.96. The first-order valence-electron chi connectivity index (χ1n) is 2.69. The summed E-state index contributed by atoms with van der Waals surface area (Å²) in [5, 5.41) is 9.00. The van der Waals surface area contributed by atoms with E-state index in [-0.39, 0.29) is 5.02 Å². The van der Waals surface area contributed by atoms with Crippen LogP contribution in [-0.4, -0.2) is 5.11 Å². The highest BCUT2D eigenvalue weighted by atomic mass is 35.5. The Morgan fingerprint density at radius 3 is 2.60 bits per heavy atom. The van der Waals surface area contributed by atoms with E-state index < -0.39 is 11.2 Å². The zero-order valence-corrected chi connectivity index (χ0v) is 5.80. The van der Waals surface area contributed by atoms with Crippen molar-refractivity contribution >= 4 is 11.6 Å². The molecule has 0 aliphatic rings. The Morgan fingerprint density at radius 2 is 1.90 bits per heavy atom. The van der Waals surface area contributed by atoms with Gasteiger partial charge in [0.05, 0.1) is 5.02 Å². The Morgan fingerprint density at radius 1 is 1.30 bits per heavy atom. The molecule has 0 saturated carbocycles. The van der Waals surface area contributed by atoms with Gasteiger partial charge in [-0.05, 0) is 12.1 Å². The molecular formula is C7H5ClO2. The van der Waals surface area contributed by atoms with E-state index in [1.165, 1.54) is 18.2 Å². The molecule has 0 atom stereocenters. The van der Waals surface area contributed by atoms with E-state index >= 15 is 0 Å². The van der Waals surface area contributed by atoms with Crippen LogP contribution in [0.5, 0.6) is 5.75 Å². The fourth-order valence-electron chi connectivity index (χ4n) is 0.559. The van der Waals surface area contributed by atoms with E-state index in [4.69, 9.17) is 16.7 Å². The minimum atomic E-state index is -0.463. The van der Waals surface area contributed by atoms with Crippen LogP contribution in [0.25, 0.3) is 0 Å². The summed E-state index contributed by atoms with van der Waals surface area (Å²) in [5.41, 5.74) is -0.463. The van der Waals surface area contributed by atoms with Gasteiger partial charge in [0.1, 0.15) is 0 Å². The Bertz CT molecular complexity index is 296. The molecule has 3 heteroatoms. The Hall–Kier alpha value is -1.02. The van der Waals surface area contributed by atoms with E-state index in [0.717, 1.165) is 0 Å². The van der Waals surface area contributed by atoms with Crippen LogP contribution in [0.2, 0.25) is 5.02 Å². The van der Waals surface area contributed by atoms with Crippen molar-refractivity contribution in [1.82, 2.24) is 0 Å². The molecule has 0 spiro atoms. The molecule has 52 valence electrons. The van der Waals surface area contributed by atoms with Crippen LogP contribution < -0.4 is 5.43 Å². The van der Waals surface area contributed by atoms with Gasteiger partial charge < -0.3 is 5.11 Å². The number of hydrogen-bond acceptors (Lipinski definition) is 2. The van der Waals surface area contributed by atoms with E-state index in [1.54, 1.807) is 6.07 Å². The number of halogens is 1. The van der Waals surface area contributed by atoms with Crippen molar-refractivity contribution in [2.45, 2.75) is 0 Å². The van der Waals surface area contributed by atoms with Crippen molar-refractivity contribution in [3.8, 4) is 5.75 Å². The molecule has 2 nitrogen and oxygen atoms in total. The molecule has 0 aliphatic heterocycles. The first-order valence-corrected chi connectivity index (χ1v) is 3.07. The molecule has 1 aromatic rings. The van der Waals surface area contributed by atoms with Gasteiger partial charge in [0, 0.05) is 0 Å². The lowest BCUT2D eigenvalue weighted by atomic mass is 10.5. The van der Waals surface area contributed by atoms with Crippen LogP contribution in [0.1, 0.15) is 0 Å². The maximum Gasteiger partial charge on any atom is 0.221 e. The van der Waals surface area contributed by atoms with Crippen LogP contribution in [0.3, 0.4) is 0 Å². The molecule has 1 aromatic carbocycles. The lowest BCUT2D eigenvalue weighted by Gasteiger charge is -1.83. The summed E-state index contributed by atoms with van der Waals surface area (Å²) in [6.07, 6.45) is 0. The second kappa shape index (κ2) is 2.71. The molecule has 0 fully saturated rings. The van der Waals surface area contributed by atoms with Gasteiger partial charge in [0.25, 0.3) is 0 Å². The lowest BCUT2D eigenvalue weighted by molar-refractivity contribution is 0.471. The van der Waals surface area contributed by atoms with Crippen molar-refractivity contribution in [2.24, 2.45) is 0 Å². The van der Waals surface area contributed by atoms with Crippen molar-refractivity contribution in [1.29, 1.82) is 0 Å². The van der Waals surface area contributed by atoms with Crippen molar-refractivity contribution in [3.05, 3.63) is 39.5 Å². The van der Waals surface area contributed by atoms with Gasteiger partial charge in [-0.15, -0.1) is 0 Å². The van der Waals surface area contributed by atoms with Crippen molar-refractivity contribution in [3.63, 3.8) is 0 Å². The highest BCUT2D eigenvalue weighted by Crippen LogP contribution is 2.14. The third kappa shape index (κ3) is 1.28. The van der Waals surface area contributed by atoms with Gasteiger partial charge in [-0.25, -0.2) is 0 Å². The summed E-state index contributed by atoms with van der Waals surface area (Å²) in [6, 6.07) is 5.82. The molecular weight excluding hydrogens is 152 g/mol. The van der Waals surface area contributed by atoms with Crippen LogP contribution in [0.15, 0.2) is 29.1 Å². The second-order valence-electron chi connectivity index (χ2n) is 1.78. The molecule has 0 unspecified atom stereocenters. The van der Waals surface area contributed by atoms with Gasteiger partial charge in [-0.2, -0.15) is 0 Å². The first-order chi connectivity index (χ1) is 4.72. The van der Waals surface area contributed by atoms with Crippen molar-refractivity contribution in [2.75, 3.05) is 0 Å².